The largest absolute Gasteiger partial charge is 0.492 e. The summed E-state index contributed by atoms with van der Waals surface area (Å²) in [4.78, 5) is 24.4. The third kappa shape index (κ3) is 4.27. The normalized spacial score (nSPS) is 17.5. The van der Waals surface area contributed by atoms with Crippen molar-refractivity contribution in [1.82, 2.24) is 4.90 Å². The van der Waals surface area contributed by atoms with E-state index in [0.717, 1.165) is 0 Å². The summed E-state index contributed by atoms with van der Waals surface area (Å²) in [6.45, 7) is 1.16. The van der Waals surface area contributed by atoms with E-state index < -0.39 is 11.9 Å². The molecule has 1 aromatic rings. The fraction of sp³-hybridized carbons (Fsp3) is 0.467. The summed E-state index contributed by atoms with van der Waals surface area (Å²) in [6, 6.07) is 5.13. The van der Waals surface area contributed by atoms with Crippen molar-refractivity contribution in [2.24, 2.45) is 5.92 Å². The number of amides is 1. The van der Waals surface area contributed by atoms with Crippen LogP contribution < -0.4 is 4.74 Å². The molecular formula is C15H17Cl2NO4. The average molecular weight is 346 g/mol. The number of carbonyl (C=O) groups excluding carboxylic acids is 1. The molecule has 1 N–H and O–H groups in total. The highest BCUT2D eigenvalue weighted by atomic mass is 35.5. The minimum absolute atomic E-state index is 0.0375. The predicted molar refractivity (Wildman–Crippen MR) is 83.5 cm³/mol. The van der Waals surface area contributed by atoms with E-state index in [9.17, 15) is 9.59 Å². The van der Waals surface area contributed by atoms with Crippen LogP contribution in [0.3, 0.4) is 0 Å². The fourth-order valence-corrected chi connectivity index (χ4v) is 2.69. The van der Waals surface area contributed by atoms with Crippen LogP contribution in [0.2, 0.25) is 10.0 Å². The van der Waals surface area contributed by atoms with Crippen LogP contribution in [0.4, 0.5) is 0 Å². The summed E-state index contributed by atoms with van der Waals surface area (Å²) >= 11 is 11.9. The highest BCUT2D eigenvalue weighted by molar-refractivity contribution is 6.42. The monoisotopic (exact) mass is 345 g/mol. The Bertz CT molecular complexity index is 564. The van der Waals surface area contributed by atoms with Gasteiger partial charge in [0.05, 0.1) is 17.5 Å². The van der Waals surface area contributed by atoms with Gasteiger partial charge in [-0.3, -0.25) is 9.59 Å². The first-order chi connectivity index (χ1) is 10.5. The SMILES string of the molecule is O=C(O)C1CCN(C(=O)CCCOc2cccc(Cl)c2Cl)C1. The van der Waals surface area contributed by atoms with Gasteiger partial charge < -0.3 is 14.7 Å². The molecule has 0 aromatic heterocycles. The highest BCUT2D eigenvalue weighted by Crippen LogP contribution is 2.31. The number of nitrogens with zero attached hydrogens (tertiary/aromatic N) is 1. The van der Waals surface area contributed by atoms with Gasteiger partial charge in [-0.1, -0.05) is 29.3 Å². The molecule has 7 heteroatoms. The van der Waals surface area contributed by atoms with E-state index >= 15 is 0 Å². The van der Waals surface area contributed by atoms with Crippen LogP contribution in [-0.4, -0.2) is 41.6 Å². The second-order valence-electron chi connectivity index (χ2n) is 5.17. The Kier molecular flexibility index (Phi) is 5.91. The van der Waals surface area contributed by atoms with E-state index in [1.54, 1.807) is 23.1 Å². The number of hydrogen-bond acceptors (Lipinski definition) is 3. The number of rotatable bonds is 6. The molecule has 1 saturated heterocycles. The molecule has 1 atom stereocenters. The average Bonchev–Trinajstić information content (AvgIpc) is 2.97. The van der Waals surface area contributed by atoms with E-state index in [2.05, 4.69) is 0 Å². The molecule has 0 saturated carbocycles. The third-order valence-electron chi connectivity index (χ3n) is 3.60. The van der Waals surface area contributed by atoms with Gasteiger partial charge in [-0.25, -0.2) is 0 Å². The van der Waals surface area contributed by atoms with E-state index in [4.69, 9.17) is 33.0 Å². The van der Waals surface area contributed by atoms with Crippen molar-refractivity contribution in [3.8, 4) is 5.75 Å². The molecule has 1 aliphatic rings. The number of carboxylic acid groups (broad SMARTS) is 1. The molecule has 1 aliphatic heterocycles. The van der Waals surface area contributed by atoms with Crippen molar-refractivity contribution in [1.29, 1.82) is 0 Å². The Morgan fingerprint density at radius 2 is 2.14 bits per heavy atom. The van der Waals surface area contributed by atoms with Crippen molar-refractivity contribution in [2.45, 2.75) is 19.3 Å². The Balaban J connectivity index is 1.72. The lowest BCUT2D eigenvalue weighted by atomic mass is 10.1. The Hall–Kier alpha value is -1.46. The third-order valence-corrected chi connectivity index (χ3v) is 4.40. The minimum Gasteiger partial charge on any atom is -0.492 e. The fourth-order valence-electron chi connectivity index (χ4n) is 2.35. The number of carboxylic acids is 1. The molecule has 0 aliphatic carbocycles. The van der Waals surface area contributed by atoms with E-state index in [1.807, 2.05) is 0 Å². The van der Waals surface area contributed by atoms with Gasteiger partial charge in [0, 0.05) is 19.5 Å². The summed E-state index contributed by atoms with van der Waals surface area (Å²) in [7, 11) is 0. The van der Waals surface area contributed by atoms with Gasteiger partial charge in [0.1, 0.15) is 10.8 Å². The number of likely N-dealkylation sites (tertiary alicyclic amines) is 1. The van der Waals surface area contributed by atoms with E-state index in [-0.39, 0.29) is 5.91 Å². The molecular weight excluding hydrogens is 329 g/mol. The number of aliphatic carboxylic acids is 1. The first kappa shape index (κ1) is 16.9. The second kappa shape index (κ2) is 7.70. The van der Waals surface area contributed by atoms with Gasteiger partial charge >= 0.3 is 5.97 Å². The van der Waals surface area contributed by atoms with E-state index in [0.29, 0.717) is 54.8 Å². The van der Waals surface area contributed by atoms with Crippen LogP contribution >= 0.6 is 23.2 Å². The lowest BCUT2D eigenvalue weighted by Gasteiger charge is -2.16. The lowest BCUT2D eigenvalue weighted by Crippen LogP contribution is -2.30. The summed E-state index contributed by atoms with van der Waals surface area (Å²) in [5, 5.41) is 9.70. The second-order valence-corrected chi connectivity index (χ2v) is 5.95. The van der Waals surface area contributed by atoms with Gasteiger partial charge in [-0.2, -0.15) is 0 Å². The van der Waals surface area contributed by atoms with Crippen LogP contribution in [0, 0.1) is 5.92 Å². The minimum atomic E-state index is -0.839. The zero-order valence-corrected chi connectivity index (χ0v) is 13.4. The number of halogens is 2. The standard InChI is InChI=1S/C15H17Cl2NO4/c16-11-3-1-4-12(14(11)17)22-8-2-5-13(19)18-7-6-10(9-18)15(20)21/h1,3-4,10H,2,5-9H2,(H,20,21). The van der Waals surface area contributed by atoms with Crippen molar-refractivity contribution in [3.05, 3.63) is 28.2 Å². The number of carbonyl (C=O) groups is 2. The van der Waals surface area contributed by atoms with Crippen molar-refractivity contribution >= 4 is 35.1 Å². The van der Waals surface area contributed by atoms with E-state index in [1.165, 1.54) is 0 Å². The topological polar surface area (TPSA) is 66.8 Å². The molecule has 1 unspecified atom stereocenters. The van der Waals surface area contributed by atoms with Crippen molar-refractivity contribution in [2.75, 3.05) is 19.7 Å². The molecule has 1 amide bonds. The zero-order chi connectivity index (χ0) is 16.1. The van der Waals surface area contributed by atoms with Crippen LogP contribution in [0.1, 0.15) is 19.3 Å². The molecule has 5 nitrogen and oxygen atoms in total. The summed E-state index contributed by atoms with van der Waals surface area (Å²) < 4.78 is 5.51. The number of ether oxygens (including phenoxy) is 1. The number of benzene rings is 1. The Labute approximate surface area is 138 Å². The summed E-state index contributed by atoms with van der Waals surface area (Å²) in [6.07, 6.45) is 1.39. The van der Waals surface area contributed by atoms with Crippen molar-refractivity contribution < 1.29 is 19.4 Å². The molecule has 22 heavy (non-hydrogen) atoms. The maximum Gasteiger partial charge on any atom is 0.308 e. The molecule has 1 aromatic carbocycles. The first-order valence-corrected chi connectivity index (χ1v) is 7.82. The molecule has 2 rings (SSSR count). The molecule has 0 spiro atoms. The van der Waals surface area contributed by atoms with Gasteiger partial charge in [-0.05, 0) is 25.0 Å². The van der Waals surface area contributed by atoms with Crippen LogP contribution in [0.25, 0.3) is 0 Å². The molecule has 0 radical (unpaired) electrons. The molecule has 120 valence electrons. The first-order valence-electron chi connectivity index (χ1n) is 7.06. The Morgan fingerprint density at radius 1 is 1.36 bits per heavy atom. The van der Waals surface area contributed by atoms with Gasteiger partial charge in [0.2, 0.25) is 5.91 Å². The van der Waals surface area contributed by atoms with Gasteiger partial charge in [0.25, 0.3) is 0 Å². The maximum atomic E-state index is 12.0. The highest BCUT2D eigenvalue weighted by Gasteiger charge is 2.30. The van der Waals surface area contributed by atoms with Crippen LogP contribution in [0.15, 0.2) is 18.2 Å². The molecule has 1 heterocycles. The van der Waals surface area contributed by atoms with Crippen LogP contribution in [-0.2, 0) is 9.59 Å². The van der Waals surface area contributed by atoms with Gasteiger partial charge in [0.15, 0.2) is 0 Å². The van der Waals surface area contributed by atoms with Gasteiger partial charge in [-0.15, -0.1) is 0 Å². The Morgan fingerprint density at radius 3 is 2.82 bits per heavy atom. The van der Waals surface area contributed by atoms with Crippen LogP contribution in [0.5, 0.6) is 5.75 Å². The summed E-state index contributed by atoms with van der Waals surface area (Å²) in [5.74, 6) is -0.821. The lowest BCUT2D eigenvalue weighted by molar-refractivity contribution is -0.141. The smallest absolute Gasteiger partial charge is 0.308 e. The predicted octanol–water partition coefficient (Wildman–Crippen LogP) is 3.09. The number of hydrogen-bond donors (Lipinski definition) is 1. The maximum absolute atomic E-state index is 12.0. The molecule has 0 bridgehead atoms. The van der Waals surface area contributed by atoms with Crippen molar-refractivity contribution in [3.63, 3.8) is 0 Å². The molecule has 1 fully saturated rings. The summed E-state index contributed by atoms with van der Waals surface area (Å²) in [5.41, 5.74) is 0. The quantitative estimate of drug-likeness (QED) is 0.804. The zero-order valence-electron chi connectivity index (χ0n) is 11.9.